The van der Waals surface area contributed by atoms with Gasteiger partial charge in [0.2, 0.25) is 0 Å². The van der Waals surface area contributed by atoms with Gasteiger partial charge >= 0.3 is 5.97 Å². The van der Waals surface area contributed by atoms with Crippen LogP contribution in [0.3, 0.4) is 0 Å². The molecule has 5 heteroatoms. The number of rotatable bonds is 5. The zero-order chi connectivity index (χ0) is 13.7. The Morgan fingerprint density at radius 1 is 1.32 bits per heavy atom. The number of carbonyl (C=O) groups excluding carboxylic acids is 1. The highest BCUT2D eigenvalue weighted by atomic mass is 35.5. The summed E-state index contributed by atoms with van der Waals surface area (Å²) in [7, 11) is 1.37. The van der Waals surface area contributed by atoms with E-state index in [0.29, 0.717) is 10.8 Å². The lowest BCUT2D eigenvalue weighted by Crippen LogP contribution is -2.20. The highest BCUT2D eigenvalue weighted by molar-refractivity contribution is 7.10. The number of ether oxygens (including phenoxy) is 2. The third-order valence-electron chi connectivity index (χ3n) is 2.61. The summed E-state index contributed by atoms with van der Waals surface area (Å²) in [6, 6.07) is 11.0. The Hall–Kier alpha value is -1.52. The van der Waals surface area contributed by atoms with Crippen molar-refractivity contribution in [2.75, 3.05) is 13.7 Å². The van der Waals surface area contributed by atoms with Gasteiger partial charge < -0.3 is 9.47 Å². The second-order valence-corrected chi connectivity index (χ2v) is 5.22. The summed E-state index contributed by atoms with van der Waals surface area (Å²) in [4.78, 5) is 12.7. The van der Waals surface area contributed by atoms with E-state index in [9.17, 15) is 4.79 Å². The summed E-state index contributed by atoms with van der Waals surface area (Å²) < 4.78 is 10.4. The van der Waals surface area contributed by atoms with Gasteiger partial charge in [-0.05, 0) is 23.6 Å². The predicted octanol–water partition coefficient (Wildman–Crippen LogP) is 3.74. The topological polar surface area (TPSA) is 35.5 Å². The summed E-state index contributed by atoms with van der Waals surface area (Å²) in [6.45, 7) is 0.205. The minimum atomic E-state index is -0.429. The first-order chi connectivity index (χ1) is 9.22. The van der Waals surface area contributed by atoms with Crippen molar-refractivity contribution in [3.8, 4) is 5.75 Å². The summed E-state index contributed by atoms with van der Waals surface area (Å²) in [6.07, 6.45) is 0. The van der Waals surface area contributed by atoms with E-state index in [1.54, 1.807) is 12.1 Å². The molecule has 2 aromatic rings. The van der Waals surface area contributed by atoms with Crippen molar-refractivity contribution < 1.29 is 14.3 Å². The molecule has 0 N–H and O–H groups in total. The minimum absolute atomic E-state index is 0.205. The van der Waals surface area contributed by atoms with Gasteiger partial charge in [0.05, 0.1) is 12.1 Å². The van der Waals surface area contributed by atoms with Crippen LogP contribution < -0.4 is 4.74 Å². The second-order valence-electron chi connectivity index (χ2n) is 3.83. The van der Waals surface area contributed by atoms with Gasteiger partial charge in [-0.3, -0.25) is 4.79 Å². The van der Waals surface area contributed by atoms with Crippen LogP contribution in [0.25, 0.3) is 0 Å². The molecule has 0 aliphatic heterocycles. The molecule has 2 rings (SSSR count). The number of methoxy groups -OCH3 is 1. The van der Waals surface area contributed by atoms with E-state index in [1.807, 2.05) is 29.6 Å². The van der Waals surface area contributed by atoms with Crippen LogP contribution in [0, 0.1) is 0 Å². The van der Waals surface area contributed by atoms with Gasteiger partial charge in [-0.25, -0.2) is 0 Å². The predicted molar refractivity (Wildman–Crippen MR) is 76.0 cm³/mol. The van der Waals surface area contributed by atoms with E-state index in [2.05, 4.69) is 0 Å². The van der Waals surface area contributed by atoms with Crippen molar-refractivity contribution in [3.05, 3.63) is 51.7 Å². The average molecular weight is 297 g/mol. The van der Waals surface area contributed by atoms with E-state index >= 15 is 0 Å². The van der Waals surface area contributed by atoms with E-state index in [4.69, 9.17) is 21.1 Å². The van der Waals surface area contributed by atoms with Crippen molar-refractivity contribution in [1.29, 1.82) is 0 Å². The summed E-state index contributed by atoms with van der Waals surface area (Å²) in [5.74, 6) is -0.176. The smallest absolute Gasteiger partial charge is 0.317 e. The molecule has 0 saturated carbocycles. The van der Waals surface area contributed by atoms with Gasteiger partial charge in [-0.15, -0.1) is 11.3 Å². The maximum atomic E-state index is 11.8. The first kappa shape index (κ1) is 13.9. The Morgan fingerprint density at radius 2 is 2.11 bits per heavy atom. The zero-order valence-electron chi connectivity index (χ0n) is 10.3. The van der Waals surface area contributed by atoms with Gasteiger partial charge in [0, 0.05) is 4.88 Å². The SMILES string of the molecule is COC(=O)C(COc1ccccc1Cl)c1cccs1. The van der Waals surface area contributed by atoms with Gasteiger partial charge in [0.15, 0.2) is 0 Å². The maximum Gasteiger partial charge on any atom is 0.317 e. The number of halogens is 1. The molecule has 0 spiro atoms. The van der Waals surface area contributed by atoms with Gasteiger partial charge in [0.25, 0.3) is 0 Å². The van der Waals surface area contributed by atoms with Crippen LogP contribution >= 0.6 is 22.9 Å². The van der Waals surface area contributed by atoms with Crippen LogP contribution in [0.4, 0.5) is 0 Å². The van der Waals surface area contributed by atoms with Crippen molar-refractivity contribution in [3.63, 3.8) is 0 Å². The highest BCUT2D eigenvalue weighted by Gasteiger charge is 2.23. The Morgan fingerprint density at radius 3 is 2.74 bits per heavy atom. The quantitative estimate of drug-likeness (QED) is 0.789. The molecule has 0 amide bonds. The molecule has 1 aromatic heterocycles. The zero-order valence-corrected chi connectivity index (χ0v) is 11.9. The molecule has 1 unspecified atom stereocenters. The molecule has 3 nitrogen and oxygen atoms in total. The van der Waals surface area contributed by atoms with Gasteiger partial charge in [-0.2, -0.15) is 0 Å². The number of carbonyl (C=O) groups is 1. The van der Waals surface area contributed by atoms with Crippen molar-refractivity contribution in [2.24, 2.45) is 0 Å². The number of esters is 1. The summed E-state index contributed by atoms with van der Waals surface area (Å²) in [5, 5.41) is 2.44. The van der Waals surface area contributed by atoms with Crippen LogP contribution in [-0.4, -0.2) is 19.7 Å². The van der Waals surface area contributed by atoms with Crippen molar-refractivity contribution >= 4 is 28.9 Å². The molecular formula is C14H13ClO3S. The van der Waals surface area contributed by atoms with Gasteiger partial charge in [-0.1, -0.05) is 29.8 Å². The fourth-order valence-electron chi connectivity index (χ4n) is 1.63. The Balaban J connectivity index is 2.10. The minimum Gasteiger partial charge on any atom is -0.491 e. The molecule has 19 heavy (non-hydrogen) atoms. The van der Waals surface area contributed by atoms with Gasteiger partial charge in [0.1, 0.15) is 18.3 Å². The van der Waals surface area contributed by atoms with E-state index in [-0.39, 0.29) is 12.6 Å². The average Bonchev–Trinajstić information content (AvgIpc) is 2.94. The first-order valence-electron chi connectivity index (χ1n) is 5.71. The second kappa shape index (κ2) is 6.59. The van der Waals surface area contributed by atoms with Crippen LogP contribution in [0.2, 0.25) is 5.02 Å². The third-order valence-corrected chi connectivity index (χ3v) is 3.91. The lowest BCUT2D eigenvalue weighted by Gasteiger charge is -2.15. The van der Waals surface area contributed by atoms with Crippen molar-refractivity contribution in [1.82, 2.24) is 0 Å². The largest absolute Gasteiger partial charge is 0.491 e. The number of hydrogen-bond acceptors (Lipinski definition) is 4. The van der Waals surface area contributed by atoms with Crippen molar-refractivity contribution in [2.45, 2.75) is 5.92 Å². The van der Waals surface area contributed by atoms with Crippen LogP contribution in [0.15, 0.2) is 41.8 Å². The Kier molecular flexibility index (Phi) is 4.82. The fourth-order valence-corrected chi connectivity index (χ4v) is 2.62. The Bertz CT molecular complexity index is 539. The molecule has 100 valence electrons. The fraction of sp³-hybridized carbons (Fsp3) is 0.214. The molecule has 1 atom stereocenters. The van der Waals surface area contributed by atoms with E-state index < -0.39 is 5.92 Å². The van der Waals surface area contributed by atoms with E-state index in [1.165, 1.54) is 18.4 Å². The monoisotopic (exact) mass is 296 g/mol. The van der Waals surface area contributed by atoms with Crippen LogP contribution in [-0.2, 0) is 9.53 Å². The number of thiophene rings is 1. The molecule has 0 fully saturated rings. The molecule has 1 aromatic carbocycles. The number of para-hydroxylation sites is 1. The molecule has 0 saturated heterocycles. The summed E-state index contributed by atoms with van der Waals surface area (Å²) >= 11 is 7.51. The molecule has 0 aliphatic carbocycles. The third kappa shape index (κ3) is 3.49. The lowest BCUT2D eigenvalue weighted by molar-refractivity contribution is -0.143. The number of hydrogen-bond donors (Lipinski definition) is 0. The molecule has 0 bridgehead atoms. The maximum absolute atomic E-state index is 11.8. The normalized spacial score (nSPS) is 11.9. The Labute approximate surface area is 120 Å². The molecule has 0 aliphatic rings. The van der Waals surface area contributed by atoms with Crippen LogP contribution in [0.1, 0.15) is 10.8 Å². The van der Waals surface area contributed by atoms with Crippen LogP contribution in [0.5, 0.6) is 5.75 Å². The highest BCUT2D eigenvalue weighted by Crippen LogP contribution is 2.27. The standard InChI is InChI=1S/C14H13ClO3S/c1-17-14(16)10(13-7-4-8-19-13)9-18-12-6-3-2-5-11(12)15/h2-8,10H,9H2,1H3. The molecule has 0 radical (unpaired) electrons. The lowest BCUT2D eigenvalue weighted by atomic mass is 10.1. The molecular weight excluding hydrogens is 284 g/mol. The molecule has 1 heterocycles. The van der Waals surface area contributed by atoms with E-state index in [0.717, 1.165) is 4.88 Å². The summed E-state index contributed by atoms with van der Waals surface area (Å²) in [5.41, 5.74) is 0. The first-order valence-corrected chi connectivity index (χ1v) is 6.96. The number of benzene rings is 1.